The standard InChI is InChI=1S/C18H22O7.2C11H17F3O.C10H15F3O.C6H10O2.2C5H8O2/c1-8(2)16(20)24-5-4-9(19)6-11-10-7-12-14(13(10)17(21)23-3)18(22)25-15(11)12;2*1-10(15,11(12,13)14)6-9-5-7-2-3-8(9)4-7;1-9(14,10(11,12)13)8-5-6-2-3-7(8)4-6;1-4-8-6(7)5(2)3;2*1-4(2)5(6)7-3/h10-15H,1,4-7H2,2-3H3;2*7-9,15H,2-6H2,1H3;6-8,14H,2-5H2,1H3;2,4H2,1,3H3;2*1H2,2-3H3. The van der Waals surface area contributed by atoms with Crippen molar-refractivity contribution in [2.24, 2.45) is 82.9 Å². The van der Waals surface area contributed by atoms with Gasteiger partial charge in [-0.1, -0.05) is 45.6 Å². The summed E-state index contributed by atoms with van der Waals surface area (Å²) in [5, 5.41) is 28.4. The summed E-state index contributed by atoms with van der Waals surface area (Å²) in [5.41, 5.74) is -5.88. The monoisotopic (exact) mass is 1320 g/mol. The second-order valence-corrected chi connectivity index (χ2v) is 26.9. The zero-order valence-corrected chi connectivity index (χ0v) is 54.5. The number of aliphatic hydroxyl groups is 3. The van der Waals surface area contributed by atoms with Gasteiger partial charge in [-0.15, -0.1) is 0 Å². The molecule has 8 aliphatic carbocycles. The van der Waals surface area contributed by atoms with E-state index in [9.17, 15) is 88.4 Å². The van der Waals surface area contributed by atoms with Crippen LogP contribution in [-0.4, -0.2) is 133 Å². The van der Waals surface area contributed by atoms with Crippen molar-refractivity contribution in [1.29, 1.82) is 0 Å². The third-order valence-electron chi connectivity index (χ3n) is 19.7. The maximum atomic E-state index is 12.6. The number of fused-ring (bicyclic) bond motifs is 7. The van der Waals surface area contributed by atoms with Crippen LogP contribution in [0.2, 0.25) is 0 Å². The SMILES string of the molecule is C=C(C)C(=O)OC.C=C(C)C(=O)OC.C=C(C)C(=O)OCC.C=C(C)C(=O)OCCC(=O)CC1C2CC3C1OC(=O)C3C2C(=O)OC.CC(O)(C1CC2CCC1C2)C(F)(F)F.CC(O)(CC1CC2CCC1C2)C(F)(F)F.CC(O)(CC1CC2CCC1C2)C(F)(F)F. The molecule has 18 unspecified atom stereocenters. The number of alkyl halides is 9. The molecular formula is C66H97F9O16. The third kappa shape index (κ3) is 21.6. The van der Waals surface area contributed by atoms with Gasteiger partial charge < -0.3 is 43.7 Å². The molecule has 0 radical (unpaired) electrons. The van der Waals surface area contributed by atoms with Gasteiger partial charge in [0.05, 0.1) is 46.4 Å². The molecule has 18 atom stereocenters. The first-order valence-electron chi connectivity index (χ1n) is 31.1. The minimum Gasteiger partial charge on any atom is -0.469 e. The Kier molecular flexibility index (Phi) is 29.2. The Hall–Kier alpha value is -5.30. The van der Waals surface area contributed by atoms with Crippen LogP contribution in [0.1, 0.15) is 165 Å². The molecule has 0 aromatic carbocycles. The Morgan fingerprint density at radius 2 is 0.945 bits per heavy atom. The smallest absolute Gasteiger partial charge is 0.417 e. The van der Waals surface area contributed by atoms with E-state index in [1.807, 2.05) is 0 Å². The highest BCUT2D eigenvalue weighted by Gasteiger charge is 2.69. The van der Waals surface area contributed by atoms with Crippen LogP contribution in [0.5, 0.6) is 0 Å². The second-order valence-electron chi connectivity index (χ2n) is 26.9. The lowest BCUT2D eigenvalue weighted by Gasteiger charge is -2.37. The molecule has 0 spiro atoms. The molecule has 91 heavy (non-hydrogen) atoms. The van der Waals surface area contributed by atoms with Crippen LogP contribution >= 0.6 is 0 Å². The molecule has 16 nitrogen and oxygen atoms in total. The molecule has 1 heterocycles. The van der Waals surface area contributed by atoms with Gasteiger partial charge in [0, 0.05) is 47.0 Å². The van der Waals surface area contributed by atoms with Gasteiger partial charge in [-0.05, 0) is 192 Å². The number of Topliss-reactive ketones (excluding diaryl/α,β-unsaturated/α-hetero) is 1. The first kappa shape index (κ1) is 79.9. The van der Waals surface area contributed by atoms with Crippen molar-refractivity contribution in [3.05, 3.63) is 48.6 Å². The highest BCUT2D eigenvalue weighted by molar-refractivity contribution is 5.89. The van der Waals surface area contributed by atoms with E-state index < -0.39 is 65.0 Å². The van der Waals surface area contributed by atoms with Crippen molar-refractivity contribution in [2.75, 3.05) is 34.5 Å². The summed E-state index contributed by atoms with van der Waals surface area (Å²) >= 11 is 0. The highest BCUT2D eigenvalue weighted by atomic mass is 19.4. The van der Waals surface area contributed by atoms with E-state index in [4.69, 9.17) is 14.2 Å². The van der Waals surface area contributed by atoms with E-state index in [-0.39, 0.29) is 109 Å². The van der Waals surface area contributed by atoms with Crippen LogP contribution in [0.25, 0.3) is 0 Å². The van der Waals surface area contributed by atoms with Crippen molar-refractivity contribution in [3.8, 4) is 0 Å². The number of ether oxygens (including phenoxy) is 6. The molecule has 1 aliphatic heterocycles. The zero-order valence-electron chi connectivity index (χ0n) is 54.5. The maximum absolute atomic E-state index is 12.6. The fourth-order valence-corrected chi connectivity index (χ4v) is 14.9. The number of rotatable bonds is 16. The van der Waals surface area contributed by atoms with Gasteiger partial charge in [-0.25, -0.2) is 19.2 Å². The Bertz CT molecular complexity index is 2490. The van der Waals surface area contributed by atoms with Crippen LogP contribution in [0, 0.1) is 82.9 Å². The third-order valence-corrected chi connectivity index (χ3v) is 19.7. The normalized spacial score (nSPS) is 30.8. The molecule has 9 fully saturated rings. The van der Waals surface area contributed by atoms with E-state index in [1.54, 1.807) is 27.7 Å². The number of esters is 6. The number of carbonyl (C=O) groups excluding carboxylic acids is 7. The van der Waals surface area contributed by atoms with Crippen molar-refractivity contribution in [3.63, 3.8) is 0 Å². The van der Waals surface area contributed by atoms with Crippen LogP contribution in [-0.2, 0) is 62.0 Å². The topological polar surface area (TPSA) is 236 Å². The Balaban J connectivity index is 0.000000291. The fraction of sp³-hybridized carbons (Fsp3) is 0.773. The lowest BCUT2D eigenvalue weighted by atomic mass is 9.72. The van der Waals surface area contributed by atoms with Gasteiger partial charge in [-0.2, -0.15) is 39.5 Å². The van der Waals surface area contributed by atoms with Gasteiger partial charge in [0.25, 0.3) is 0 Å². The summed E-state index contributed by atoms with van der Waals surface area (Å²) in [6, 6.07) is 0. The number of ketones is 1. The maximum Gasteiger partial charge on any atom is 0.417 e. The van der Waals surface area contributed by atoms with Crippen molar-refractivity contribution in [2.45, 2.75) is 206 Å². The summed E-state index contributed by atoms with van der Waals surface area (Å²) in [6.45, 7) is 24.9. The average molecular weight is 1320 g/mol. The van der Waals surface area contributed by atoms with Crippen molar-refractivity contribution < 1.29 is 117 Å². The zero-order chi connectivity index (χ0) is 69.7. The Labute approximate surface area is 528 Å². The molecule has 0 aromatic rings. The number of hydrogen-bond donors (Lipinski definition) is 3. The molecule has 3 N–H and O–H groups in total. The summed E-state index contributed by atoms with van der Waals surface area (Å²) in [4.78, 5) is 78.6. The molecule has 520 valence electrons. The van der Waals surface area contributed by atoms with Gasteiger partial charge >= 0.3 is 54.3 Å². The first-order valence-corrected chi connectivity index (χ1v) is 31.1. The molecule has 1 saturated heterocycles. The molecule has 9 aliphatic rings. The van der Waals surface area contributed by atoms with Gasteiger partial charge in [0.1, 0.15) is 11.9 Å². The van der Waals surface area contributed by atoms with Gasteiger partial charge in [-0.3, -0.25) is 14.4 Å². The lowest BCUT2D eigenvalue weighted by molar-refractivity contribution is -0.277. The summed E-state index contributed by atoms with van der Waals surface area (Å²) < 4.78 is 141. The molecule has 0 aromatic heterocycles. The van der Waals surface area contributed by atoms with E-state index in [0.717, 1.165) is 78.6 Å². The van der Waals surface area contributed by atoms with E-state index in [2.05, 4.69) is 40.5 Å². The lowest BCUT2D eigenvalue weighted by Crippen LogP contribution is -2.50. The van der Waals surface area contributed by atoms with Gasteiger partial charge in [0.2, 0.25) is 0 Å². The molecule has 25 heteroatoms. The number of halogens is 9. The number of hydrogen-bond acceptors (Lipinski definition) is 16. The molecular weight excluding hydrogens is 1220 g/mol. The molecule has 9 rings (SSSR count). The summed E-state index contributed by atoms with van der Waals surface area (Å²) in [7, 11) is 3.97. The van der Waals surface area contributed by atoms with Crippen molar-refractivity contribution in [1.82, 2.24) is 0 Å². The number of methoxy groups -OCH3 is 3. The predicted octanol–water partition coefficient (Wildman–Crippen LogP) is 12.6. The molecule has 0 amide bonds. The summed E-state index contributed by atoms with van der Waals surface area (Å²) in [5.74, 6) is -1.28. The Morgan fingerprint density at radius 1 is 0.538 bits per heavy atom. The minimum atomic E-state index is -4.49. The average Bonchev–Trinajstić information content (AvgIpc) is 1.55. The summed E-state index contributed by atoms with van der Waals surface area (Å²) in [6.07, 6.45) is -1.20. The van der Waals surface area contributed by atoms with E-state index in [0.29, 0.717) is 65.8 Å². The minimum absolute atomic E-state index is 0.000595. The molecule has 8 saturated carbocycles. The molecule has 8 bridgehead atoms. The second kappa shape index (κ2) is 33.2. The van der Waals surface area contributed by atoms with E-state index in [1.165, 1.54) is 41.1 Å². The van der Waals surface area contributed by atoms with Crippen LogP contribution < -0.4 is 0 Å². The number of carbonyl (C=O) groups is 7. The van der Waals surface area contributed by atoms with Gasteiger partial charge in [0.15, 0.2) is 16.8 Å². The first-order chi connectivity index (χ1) is 41.8. The fourth-order valence-electron chi connectivity index (χ4n) is 14.9. The predicted molar refractivity (Wildman–Crippen MR) is 315 cm³/mol. The largest absolute Gasteiger partial charge is 0.469 e. The quantitative estimate of drug-likeness (QED) is 0.0564. The van der Waals surface area contributed by atoms with Crippen LogP contribution in [0.15, 0.2) is 48.6 Å². The Morgan fingerprint density at radius 3 is 1.24 bits per heavy atom. The van der Waals surface area contributed by atoms with Crippen LogP contribution in [0.4, 0.5) is 39.5 Å². The highest BCUT2D eigenvalue weighted by Crippen LogP contribution is 2.62. The van der Waals surface area contributed by atoms with Crippen molar-refractivity contribution >= 4 is 41.6 Å². The van der Waals surface area contributed by atoms with E-state index >= 15 is 0 Å². The van der Waals surface area contributed by atoms with Crippen LogP contribution in [0.3, 0.4) is 0 Å².